The van der Waals surface area contributed by atoms with Crippen LogP contribution < -0.4 is 15.2 Å². The zero-order chi connectivity index (χ0) is 26.9. The van der Waals surface area contributed by atoms with Crippen LogP contribution >= 0.6 is 0 Å². The highest BCUT2D eigenvalue weighted by Crippen LogP contribution is 2.38. The Labute approximate surface area is 228 Å². The molecule has 0 fully saturated rings. The van der Waals surface area contributed by atoms with Crippen molar-refractivity contribution in [3.05, 3.63) is 87.0 Å². The minimum Gasteiger partial charge on any atom is -0.467 e. The molecule has 2 aliphatic rings. The average Bonchev–Trinajstić information content (AvgIpc) is 3.24. The Morgan fingerprint density at radius 3 is 2.77 bits per heavy atom. The van der Waals surface area contributed by atoms with Gasteiger partial charge in [0.25, 0.3) is 0 Å². The maximum atomic E-state index is 11.9. The Balaban J connectivity index is 1.34. The molecule has 0 bridgehead atoms. The molecule has 0 saturated heterocycles. The van der Waals surface area contributed by atoms with E-state index in [9.17, 15) is 4.79 Å². The number of nitrogens with zero attached hydrogens (tertiary/aromatic N) is 6. The average molecular weight is 526 g/mol. The number of aryl methyl sites for hydroxylation is 2. The molecule has 9 nitrogen and oxygen atoms in total. The van der Waals surface area contributed by atoms with Crippen molar-refractivity contribution in [2.24, 2.45) is 0 Å². The summed E-state index contributed by atoms with van der Waals surface area (Å²) in [5.74, 6) is 0.938. The van der Waals surface area contributed by atoms with Crippen LogP contribution in [-0.4, -0.2) is 50.3 Å². The predicted octanol–water partition coefficient (Wildman–Crippen LogP) is 4.13. The smallest absolute Gasteiger partial charge is 0.318 e. The molecule has 0 amide bonds. The number of hydrogen-bond donors (Lipinski definition) is 1. The number of likely N-dealkylation sites (N-methyl/N-ethyl adjacent to an activating group) is 1. The number of aromatic amines is 1. The van der Waals surface area contributed by atoms with Crippen molar-refractivity contribution in [1.82, 2.24) is 29.6 Å². The van der Waals surface area contributed by atoms with Crippen LogP contribution in [0.15, 0.2) is 53.3 Å². The minimum atomic E-state index is -0.128. The second-order valence-corrected chi connectivity index (χ2v) is 10.5. The van der Waals surface area contributed by atoms with E-state index < -0.39 is 0 Å². The third kappa shape index (κ3) is 4.94. The molecule has 1 unspecified atom stereocenters. The van der Waals surface area contributed by atoms with Crippen LogP contribution in [0.1, 0.15) is 53.9 Å². The summed E-state index contributed by atoms with van der Waals surface area (Å²) < 4.78 is 7.66. The molecule has 1 aromatic carbocycles. The van der Waals surface area contributed by atoms with Crippen LogP contribution in [0.4, 0.5) is 5.82 Å². The zero-order valence-electron chi connectivity index (χ0n) is 22.9. The van der Waals surface area contributed by atoms with Gasteiger partial charge in [-0.1, -0.05) is 43.7 Å². The van der Waals surface area contributed by atoms with Gasteiger partial charge in [-0.25, -0.2) is 0 Å². The topological polar surface area (TPSA) is 92.2 Å². The van der Waals surface area contributed by atoms with E-state index in [0.717, 1.165) is 73.9 Å². The minimum absolute atomic E-state index is 0.128. The number of ether oxygens (including phenoxy) is 1. The Hall–Kier alpha value is -3.98. The highest BCUT2D eigenvalue weighted by Gasteiger charge is 2.32. The van der Waals surface area contributed by atoms with E-state index in [2.05, 4.69) is 63.8 Å². The third-order valence-electron chi connectivity index (χ3n) is 7.85. The SMILES string of the molecule is CCCc1ccccc1C1Cc2nc(OC)nc(N3CCCn4nc(-c5cccc(=O)[nH]5)cc4C3)c2CN1C. The molecule has 0 spiro atoms. The summed E-state index contributed by atoms with van der Waals surface area (Å²) in [5, 5.41) is 4.80. The van der Waals surface area contributed by atoms with Crippen molar-refractivity contribution < 1.29 is 4.74 Å². The number of hydrogen-bond acceptors (Lipinski definition) is 7. The number of H-pyrrole nitrogens is 1. The first-order valence-electron chi connectivity index (χ1n) is 13.8. The molecule has 202 valence electrons. The van der Waals surface area contributed by atoms with Gasteiger partial charge in [0.1, 0.15) is 11.5 Å². The molecular weight excluding hydrogens is 490 g/mol. The largest absolute Gasteiger partial charge is 0.467 e. The molecule has 39 heavy (non-hydrogen) atoms. The van der Waals surface area contributed by atoms with Crippen molar-refractivity contribution in [2.45, 2.75) is 58.3 Å². The van der Waals surface area contributed by atoms with Crippen LogP contribution in [0.25, 0.3) is 11.4 Å². The maximum absolute atomic E-state index is 11.9. The molecule has 4 aromatic rings. The highest BCUT2D eigenvalue weighted by molar-refractivity contribution is 5.56. The lowest BCUT2D eigenvalue weighted by Gasteiger charge is -2.37. The van der Waals surface area contributed by atoms with E-state index in [1.165, 1.54) is 22.8 Å². The fraction of sp³-hybridized carbons (Fsp3) is 0.400. The van der Waals surface area contributed by atoms with Crippen LogP contribution in [0, 0.1) is 0 Å². The molecule has 9 heteroatoms. The van der Waals surface area contributed by atoms with Crippen LogP contribution in [0.5, 0.6) is 6.01 Å². The first-order chi connectivity index (χ1) is 19.0. The molecular formula is C30H35N7O2. The normalized spacial score (nSPS) is 17.4. The fourth-order valence-electron chi connectivity index (χ4n) is 5.95. The van der Waals surface area contributed by atoms with Gasteiger partial charge in [-0.3, -0.25) is 14.4 Å². The third-order valence-corrected chi connectivity index (χ3v) is 7.85. The molecule has 2 aliphatic heterocycles. The van der Waals surface area contributed by atoms with Crippen molar-refractivity contribution in [3.8, 4) is 17.4 Å². The van der Waals surface area contributed by atoms with Gasteiger partial charge in [0.15, 0.2) is 0 Å². The maximum Gasteiger partial charge on any atom is 0.318 e. The molecule has 5 heterocycles. The van der Waals surface area contributed by atoms with E-state index in [4.69, 9.17) is 19.8 Å². The highest BCUT2D eigenvalue weighted by atomic mass is 16.5. The molecule has 0 aliphatic carbocycles. The van der Waals surface area contributed by atoms with Crippen molar-refractivity contribution in [3.63, 3.8) is 0 Å². The second-order valence-electron chi connectivity index (χ2n) is 10.5. The Morgan fingerprint density at radius 1 is 1.08 bits per heavy atom. The number of fused-ring (bicyclic) bond motifs is 2. The molecule has 1 N–H and O–H groups in total. The zero-order valence-corrected chi connectivity index (χ0v) is 22.9. The number of aromatic nitrogens is 5. The molecule has 6 rings (SSSR count). The molecule has 0 radical (unpaired) electrons. The number of anilines is 1. The monoisotopic (exact) mass is 525 g/mol. The number of nitrogens with one attached hydrogen (secondary N) is 1. The summed E-state index contributed by atoms with van der Waals surface area (Å²) in [4.78, 5) is 29.3. The van der Waals surface area contributed by atoms with Crippen molar-refractivity contribution in [2.75, 3.05) is 25.6 Å². The molecule has 0 saturated carbocycles. The summed E-state index contributed by atoms with van der Waals surface area (Å²) in [6.07, 6.45) is 3.95. The summed E-state index contributed by atoms with van der Waals surface area (Å²) in [6, 6.07) is 16.7. The quantitative estimate of drug-likeness (QED) is 0.405. The second kappa shape index (κ2) is 10.6. The number of methoxy groups -OCH3 is 1. The lowest BCUT2D eigenvalue weighted by atomic mass is 9.89. The summed E-state index contributed by atoms with van der Waals surface area (Å²) in [7, 11) is 3.84. The van der Waals surface area contributed by atoms with Gasteiger partial charge < -0.3 is 14.6 Å². The summed E-state index contributed by atoms with van der Waals surface area (Å²) >= 11 is 0. The van der Waals surface area contributed by atoms with Gasteiger partial charge in [0.2, 0.25) is 5.56 Å². The van der Waals surface area contributed by atoms with E-state index in [1.54, 1.807) is 13.2 Å². The van der Waals surface area contributed by atoms with Crippen LogP contribution in [0.3, 0.4) is 0 Å². The van der Waals surface area contributed by atoms with Gasteiger partial charge in [0, 0.05) is 43.7 Å². The first kappa shape index (κ1) is 25.3. The van der Waals surface area contributed by atoms with Gasteiger partial charge in [-0.05, 0) is 43.1 Å². The van der Waals surface area contributed by atoms with Gasteiger partial charge in [-0.15, -0.1) is 0 Å². The standard InChI is InChI=1S/C30H35N7O2/c1-4-9-20-10-5-6-11-22(20)27-17-25-23(19-35(27)2)29(33-30(32-25)39-3)36-14-8-15-37-21(18-36)16-26(34-37)24-12-7-13-28(38)31-24/h5-7,10-13,16,27H,4,8-9,14-15,17-19H2,1-3H3,(H,31,38). The number of benzene rings is 1. The van der Waals surface area contributed by atoms with Crippen molar-refractivity contribution >= 4 is 5.82 Å². The van der Waals surface area contributed by atoms with E-state index >= 15 is 0 Å². The molecule has 3 aromatic heterocycles. The Kier molecular flexibility index (Phi) is 6.91. The van der Waals surface area contributed by atoms with Gasteiger partial charge in [0.05, 0.1) is 30.7 Å². The van der Waals surface area contributed by atoms with E-state index in [-0.39, 0.29) is 11.6 Å². The Morgan fingerprint density at radius 2 is 1.95 bits per heavy atom. The molecule has 1 atom stereocenters. The lowest BCUT2D eigenvalue weighted by molar-refractivity contribution is 0.212. The summed E-state index contributed by atoms with van der Waals surface area (Å²) in [5.41, 5.74) is 7.50. The van der Waals surface area contributed by atoms with Crippen LogP contribution in [0.2, 0.25) is 0 Å². The Bertz CT molecular complexity index is 1540. The van der Waals surface area contributed by atoms with Gasteiger partial charge >= 0.3 is 6.01 Å². The first-order valence-corrected chi connectivity index (χ1v) is 13.8. The van der Waals surface area contributed by atoms with Gasteiger partial charge in [-0.2, -0.15) is 15.1 Å². The number of rotatable bonds is 6. The predicted molar refractivity (Wildman–Crippen MR) is 151 cm³/mol. The van der Waals surface area contributed by atoms with E-state index in [1.807, 2.05) is 6.07 Å². The lowest BCUT2D eigenvalue weighted by Crippen LogP contribution is -2.35. The number of pyridine rings is 1. The fourth-order valence-corrected chi connectivity index (χ4v) is 5.95. The van der Waals surface area contributed by atoms with E-state index in [0.29, 0.717) is 12.6 Å². The van der Waals surface area contributed by atoms with Crippen molar-refractivity contribution in [1.29, 1.82) is 0 Å². The summed E-state index contributed by atoms with van der Waals surface area (Å²) in [6.45, 7) is 5.34. The van der Waals surface area contributed by atoms with Crippen LogP contribution in [-0.2, 0) is 32.5 Å².